The van der Waals surface area contributed by atoms with Crippen molar-refractivity contribution in [1.29, 1.82) is 0 Å². The number of rotatable bonds is 6. The van der Waals surface area contributed by atoms with Gasteiger partial charge < -0.3 is 16.0 Å². The monoisotopic (exact) mass is 421 g/mol. The minimum atomic E-state index is -0.483. The van der Waals surface area contributed by atoms with Gasteiger partial charge in [-0.15, -0.1) is 12.4 Å². The Morgan fingerprint density at radius 3 is 2.35 bits per heavy atom. The summed E-state index contributed by atoms with van der Waals surface area (Å²) in [6.07, 6.45) is 2.98. The molecule has 1 atom stereocenters. The van der Waals surface area contributed by atoms with Crippen LogP contribution in [0.3, 0.4) is 0 Å². The van der Waals surface area contributed by atoms with Crippen LogP contribution in [0.25, 0.3) is 0 Å². The summed E-state index contributed by atoms with van der Waals surface area (Å²) in [6, 6.07) is 4.23. The van der Waals surface area contributed by atoms with Crippen molar-refractivity contribution in [1.82, 2.24) is 10.2 Å². The highest BCUT2D eigenvalue weighted by Crippen LogP contribution is 2.24. The number of likely N-dealkylation sites (tertiary alicyclic amines) is 1. The lowest BCUT2D eigenvalue weighted by atomic mass is 9.94. The van der Waals surface area contributed by atoms with Crippen molar-refractivity contribution < 1.29 is 9.59 Å². The zero-order valence-corrected chi connectivity index (χ0v) is 17.4. The van der Waals surface area contributed by atoms with E-state index in [1.807, 2.05) is 13.8 Å². The van der Waals surface area contributed by atoms with E-state index in [1.165, 1.54) is 0 Å². The Kier molecular flexibility index (Phi) is 8.67. The molecule has 26 heavy (non-hydrogen) atoms. The van der Waals surface area contributed by atoms with Crippen molar-refractivity contribution in [2.75, 3.05) is 13.1 Å². The lowest BCUT2D eigenvalue weighted by Gasteiger charge is -2.29. The van der Waals surface area contributed by atoms with Gasteiger partial charge in [-0.3, -0.25) is 9.59 Å². The Labute approximate surface area is 171 Å². The number of halogens is 3. The van der Waals surface area contributed by atoms with Crippen LogP contribution in [0.15, 0.2) is 18.2 Å². The zero-order chi connectivity index (χ0) is 18.6. The molecule has 1 fully saturated rings. The number of amides is 2. The molecule has 146 valence electrons. The van der Waals surface area contributed by atoms with Crippen LogP contribution in [0.5, 0.6) is 0 Å². The highest BCUT2D eigenvalue weighted by atomic mass is 35.5. The second-order valence-electron chi connectivity index (χ2n) is 6.60. The van der Waals surface area contributed by atoms with Gasteiger partial charge in [0.05, 0.1) is 0 Å². The molecule has 1 unspecified atom stereocenters. The molecular formula is C18H26Cl3N3O2. The minimum Gasteiger partial charge on any atom is -0.352 e. The van der Waals surface area contributed by atoms with Crippen LogP contribution in [0.1, 0.15) is 49.9 Å². The lowest BCUT2D eigenvalue weighted by molar-refractivity contribution is -0.125. The van der Waals surface area contributed by atoms with Crippen LogP contribution < -0.4 is 11.1 Å². The molecule has 5 nitrogen and oxygen atoms in total. The molecule has 1 aromatic carbocycles. The van der Waals surface area contributed by atoms with Crippen molar-refractivity contribution in [3.63, 3.8) is 0 Å². The van der Waals surface area contributed by atoms with Gasteiger partial charge in [0.2, 0.25) is 5.91 Å². The van der Waals surface area contributed by atoms with Gasteiger partial charge in [0, 0.05) is 34.2 Å². The summed E-state index contributed by atoms with van der Waals surface area (Å²) in [5.74, 6) is -0.386. The maximum absolute atomic E-state index is 12.8. The number of carbonyl (C=O) groups is 2. The first-order chi connectivity index (χ1) is 11.8. The molecule has 1 aromatic rings. The third-order valence-corrected chi connectivity index (χ3v) is 5.39. The van der Waals surface area contributed by atoms with Crippen molar-refractivity contribution in [2.24, 2.45) is 5.73 Å². The molecule has 0 aromatic heterocycles. The fourth-order valence-electron chi connectivity index (χ4n) is 3.01. The van der Waals surface area contributed by atoms with Gasteiger partial charge in [0.15, 0.2) is 0 Å². The first-order valence-corrected chi connectivity index (χ1v) is 9.39. The third-order valence-electron chi connectivity index (χ3n) is 4.95. The predicted octanol–water partition coefficient (Wildman–Crippen LogP) is 3.65. The van der Waals surface area contributed by atoms with E-state index < -0.39 is 11.6 Å². The molecule has 0 radical (unpaired) electrons. The number of benzene rings is 1. The van der Waals surface area contributed by atoms with Crippen molar-refractivity contribution in [2.45, 2.75) is 51.1 Å². The molecule has 2 rings (SSSR count). The van der Waals surface area contributed by atoms with Gasteiger partial charge in [0.25, 0.3) is 5.91 Å². The van der Waals surface area contributed by atoms with E-state index in [-0.39, 0.29) is 24.2 Å². The summed E-state index contributed by atoms with van der Waals surface area (Å²) in [4.78, 5) is 27.0. The van der Waals surface area contributed by atoms with Crippen molar-refractivity contribution in [3.05, 3.63) is 33.8 Å². The molecule has 0 spiro atoms. The van der Waals surface area contributed by atoms with E-state index in [1.54, 1.807) is 23.1 Å². The van der Waals surface area contributed by atoms with Crippen LogP contribution in [0.4, 0.5) is 0 Å². The molecule has 8 heteroatoms. The Balaban J connectivity index is 0.00000338. The summed E-state index contributed by atoms with van der Waals surface area (Å²) in [5, 5.41) is 3.71. The lowest BCUT2D eigenvalue weighted by Crippen LogP contribution is -2.53. The standard InChI is InChI=1S/C18H25Cl2N3O2.ClH/c1-3-18(21,4-2)11-22-16(24)15-6-5-7-23(15)17(25)12-8-13(19)10-14(20)9-12;/h8-10,15H,3-7,11,21H2,1-2H3,(H,22,24);1H. The molecule has 1 aliphatic heterocycles. The maximum Gasteiger partial charge on any atom is 0.254 e. The summed E-state index contributed by atoms with van der Waals surface area (Å²) in [5.41, 5.74) is 6.22. The van der Waals surface area contributed by atoms with Crippen LogP contribution >= 0.6 is 35.6 Å². The Morgan fingerprint density at radius 1 is 1.23 bits per heavy atom. The zero-order valence-electron chi connectivity index (χ0n) is 15.1. The van der Waals surface area contributed by atoms with Gasteiger partial charge in [-0.2, -0.15) is 0 Å². The fourth-order valence-corrected chi connectivity index (χ4v) is 3.53. The Bertz CT molecular complexity index is 630. The van der Waals surface area contributed by atoms with Crippen molar-refractivity contribution in [3.8, 4) is 0 Å². The number of nitrogens with zero attached hydrogens (tertiary/aromatic N) is 1. The molecular weight excluding hydrogens is 397 g/mol. The first-order valence-electron chi connectivity index (χ1n) is 8.63. The SMILES string of the molecule is CCC(N)(CC)CNC(=O)C1CCCN1C(=O)c1cc(Cl)cc(Cl)c1.Cl. The average Bonchev–Trinajstić information content (AvgIpc) is 3.07. The van der Waals surface area contributed by atoms with Gasteiger partial charge in [-0.25, -0.2) is 0 Å². The molecule has 1 saturated heterocycles. The quantitative estimate of drug-likeness (QED) is 0.734. The molecule has 1 heterocycles. The summed E-state index contributed by atoms with van der Waals surface area (Å²) in [7, 11) is 0. The van der Waals surface area contributed by atoms with E-state index in [0.717, 1.165) is 19.3 Å². The minimum absolute atomic E-state index is 0. The smallest absolute Gasteiger partial charge is 0.254 e. The average molecular weight is 423 g/mol. The second kappa shape index (κ2) is 9.79. The van der Waals surface area contributed by atoms with Gasteiger partial charge in [0.1, 0.15) is 6.04 Å². The summed E-state index contributed by atoms with van der Waals surface area (Å²) < 4.78 is 0. The van der Waals surface area contributed by atoms with Crippen LogP contribution in [-0.4, -0.2) is 41.4 Å². The number of nitrogens with one attached hydrogen (secondary N) is 1. The maximum atomic E-state index is 12.8. The second-order valence-corrected chi connectivity index (χ2v) is 7.47. The first kappa shape index (κ1) is 23.0. The third kappa shape index (κ3) is 5.49. The topological polar surface area (TPSA) is 75.4 Å². The number of carbonyl (C=O) groups excluding carboxylic acids is 2. The summed E-state index contributed by atoms with van der Waals surface area (Å²) >= 11 is 12.0. The van der Waals surface area contributed by atoms with Crippen LogP contribution in [-0.2, 0) is 4.79 Å². The Hall–Kier alpha value is -1.01. The highest BCUT2D eigenvalue weighted by molar-refractivity contribution is 6.35. The molecule has 0 bridgehead atoms. The van der Waals surface area contributed by atoms with Gasteiger partial charge >= 0.3 is 0 Å². The van der Waals surface area contributed by atoms with Crippen LogP contribution in [0.2, 0.25) is 10.0 Å². The van der Waals surface area contributed by atoms with E-state index in [0.29, 0.717) is 35.1 Å². The van der Waals surface area contributed by atoms with Gasteiger partial charge in [-0.1, -0.05) is 37.0 Å². The molecule has 2 amide bonds. The highest BCUT2D eigenvalue weighted by Gasteiger charge is 2.35. The Morgan fingerprint density at radius 2 is 1.81 bits per heavy atom. The molecule has 0 aliphatic carbocycles. The van der Waals surface area contributed by atoms with E-state index in [4.69, 9.17) is 28.9 Å². The van der Waals surface area contributed by atoms with Crippen LogP contribution in [0, 0.1) is 0 Å². The van der Waals surface area contributed by atoms with E-state index >= 15 is 0 Å². The number of hydrogen-bond acceptors (Lipinski definition) is 3. The number of nitrogens with two attached hydrogens (primary N) is 1. The van der Waals surface area contributed by atoms with Gasteiger partial charge in [-0.05, 0) is 43.9 Å². The van der Waals surface area contributed by atoms with E-state index in [9.17, 15) is 9.59 Å². The number of hydrogen-bond donors (Lipinski definition) is 2. The molecule has 1 aliphatic rings. The normalized spacial score (nSPS) is 17.0. The fraction of sp³-hybridized carbons (Fsp3) is 0.556. The predicted molar refractivity (Wildman–Crippen MR) is 108 cm³/mol. The molecule has 3 N–H and O–H groups in total. The van der Waals surface area contributed by atoms with Crippen molar-refractivity contribution >= 4 is 47.4 Å². The summed E-state index contributed by atoms with van der Waals surface area (Å²) in [6.45, 7) is 4.95. The molecule has 0 saturated carbocycles. The largest absolute Gasteiger partial charge is 0.352 e. The van der Waals surface area contributed by atoms with E-state index in [2.05, 4.69) is 5.32 Å².